The van der Waals surface area contributed by atoms with Gasteiger partial charge < -0.3 is 5.21 Å². The zero-order valence-corrected chi connectivity index (χ0v) is 13.8. The highest BCUT2D eigenvalue weighted by atomic mass is 16.4. The molecule has 7 nitrogen and oxygen atoms in total. The molecule has 7 heteroatoms. The maximum absolute atomic E-state index is 8.96. The summed E-state index contributed by atoms with van der Waals surface area (Å²) in [6, 6.07) is 13.6. The second-order valence-electron chi connectivity index (χ2n) is 5.77. The monoisotopic (exact) mass is 332 g/mol. The molecule has 0 aliphatic rings. The molecule has 0 saturated carbocycles. The van der Waals surface area contributed by atoms with Crippen molar-refractivity contribution in [3.8, 4) is 17.1 Å². The van der Waals surface area contributed by atoms with Crippen molar-refractivity contribution in [2.45, 2.75) is 6.92 Å². The molecule has 4 aromatic rings. The third-order valence-corrected chi connectivity index (χ3v) is 4.05. The zero-order chi connectivity index (χ0) is 17.4. The summed E-state index contributed by atoms with van der Waals surface area (Å²) in [7, 11) is 1.88. The summed E-state index contributed by atoms with van der Waals surface area (Å²) in [4.78, 5) is 4.57. The van der Waals surface area contributed by atoms with Crippen LogP contribution in [0.5, 0.6) is 0 Å². The molecular formula is C18H16N6O. The smallest absolute Gasteiger partial charge is 0.175 e. The Morgan fingerprint density at radius 3 is 2.80 bits per heavy atom. The van der Waals surface area contributed by atoms with Gasteiger partial charge >= 0.3 is 0 Å². The summed E-state index contributed by atoms with van der Waals surface area (Å²) < 4.78 is 3.55. The number of rotatable bonds is 3. The van der Waals surface area contributed by atoms with E-state index in [2.05, 4.69) is 20.3 Å². The van der Waals surface area contributed by atoms with E-state index in [1.54, 1.807) is 11.6 Å². The van der Waals surface area contributed by atoms with Crippen LogP contribution in [0.2, 0.25) is 0 Å². The van der Waals surface area contributed by atoms with Crippen LogP contribution in [-0.2, 0) is 7.05 Å². The van der Waals surface area contributed by atoms with Crippen LogP contribution in [0.25, 0.3) is 28.0 Å². The molecule has 4 rings (SSSR count). The average molecular weight is 332 g/mol. The second kappa shape index (κ2) is 5.86. The first kappa shape index (κ1) is 15.1. The number of oxime groups is 1. The Balaban J connectivity index is 1.84. The molecule has 25 heavy (non-hydrogen) atoms. The van der Waals surface area contributed by atoms with E-state index in [4.69, 9.17) is 5.21 Å². The van der Waals surface area contributed by atoms with Crippen LogP contribution in [0.1, 0.15) is 12.6 Å². The normalized spacial score (nSPS) is 12.0. The van der Waals surface area contributed by atoms with E-state index in [0.717, 1.165) is 28.0 Å². The first-order chi connectivity index (χ1) is 12.2. The fraction of sp³-hybridized carbons (Fsp3) is 0.111. The maximum Gasteiger partial charge on any atom is 0.175 e. The Kier molecular flexibility index (Phi) is 3.53. The van der Waals surface area contributed by atoms with Gasteiger partial charge in [0, 0.05) is 30.3 Å². The molecule has 0 spiro atoms. The predicted octanol–water partition coefficient (Wildman–Crippen LogP) is 3.02. The highest BCUT2D eigenvalue weighted by Gasteiger charge is 2.10. The first-order valence-corrected chi connectivity index (χ1v) is 7.80. The van der Waals surface area contributed by atoms with Gasteiger partial charge in [0.2, 0.25) is 0 Å². The average Bonchev–Trinajstić information content (AvgIpc) is 3.26. The molecule has 124 valence electrons. The van der Waals surface area contributed by atoms with Gasteiger partial charge in [-0.25, -0.2) is 9.67 Å². The maximum atomic E-state index is 8.96. The number of nitrogens with zero attached hydrogens (tertiary/aromatic N) is 6. The van der Waals surface area contributed by atoms with Crippen LogP contribution in [0, 0.1) is 0 Å². The quantitative estimate of drug-likeness (QED) is 0.355. The zero-order valence-electron chi connectivity index (χ0n) is 13.8. The van der Waals surface area contributed by atoms with Gasteiger partial charge in [0.05, 0.1) is 23.1 Å². The SMILES string of the molecule is C/C(=N\O)c1cccc(-c2ccc3cnn(-c4ccn(C)n4)c3c2)n1. The number of benzene rings is 1. The number of hydrogen-bond donors (Lipinski definition) is 1. The molecule has 0 saturated heterocycles. The molecule has 0 atom stereocenters. The first-order valence-electron chi connectivity index (χ1n) is 7.80. The standard InChI is InChI=1S/C18H16N6O/c1-12(22-25)15-4-3-5-16(20-15)13-6-7-14-11-19-24(17(14)10-13)18-8-9-23(2)21-18/h3-11,25H,1-2H3/b22-12+. The Bertz CT molecular complexity index is 1090. The molecular weight excluding hydrogens is 316 g/mol. The van der Waals surface area contributed by atoms with Gasteiger partial charge in [-0.3, -0.25) is 4.68 Å². The summed E-state index contributed by atoms with van der Waals surface area (Å²) in [5.41, 5.74) is 3.82. The number of aryl methyl sites for hydroxylation is 1. The lowest BCUT2D eigenvalue weighted by molar-refractivity contribution is 0.319. The van der Waals surface area contributed by atoms with Crippen molar-refractivity contribution in [1.82, 2.24) is 24.5 Å². The molecule has 3 heterocycles. The Morgan fingerprint density at radius 2 is 2.04 bits per heavy atom. The molecule has 1 N–H and O–H groups in total. The van der Waals surface area contributed by atoms with Gasteiger partial charge in [-0.1, -0.05) is 23.4 Å². The van der Waals surface area contributed by atoms with Gasteiger partial charge in [0.25, 0.3) is 0 Å². The number of pyridine rings is 1. The third kappa shape index (κ3) is 2.65. The Morgan fingerprint density at radius 1 is 1.16 bits per heavy atom. The lowest BCUT2D eigenvalue weighted by Gasteiger charge is -2.05. The minimum Gasteiger partial charge on any atom is -0.411 e. The predicted molar refractivity (Wildman–Crippen MR) is 95.1 cm³/mol. The van der Waals surface area contributed by atoms with Crippen LogP contribution in [-0.4, -0.2) is 35.5 Å². The van der Waals surface area contributed by atoms with E-state index in [0.29, 0.717) is 11.4 Å². The molecule has 1 aromatic carbocycles. The number of fused-ring (bicyclic) bond motifs is 1. The Hall–Kier alpha value is -3.48. The van der Waals surface area contributed by atoms with E-state index in [1.165, 1.54) is 0 Å². The number of hydrogen-bond acceptors (Lipinski definition) is 5. The molecule has 0 aliphatic carbocycles. The van der Waals surface area contributed by atoms with Gasteiger partial charge in [-0.15, -0.1) is 0 Å². The number of aromatic nitrogens is 5. The highest BCUT2D eigenvalue weighted by molar-refractivity contribution is 5.97. The minimum absolute atomic E-state index is 0.474. The molecule has 0 radical (unpaired) electrons. The fourth-order valence-corrected chi connectivity index (χ4v) is 2.72. The van der Waals surface area contributed by atoms with E-state index >= 15 is 0 Å². The van der Waals surface area contributed by atoms with Gasteiger partial charge in [0.15, 0.2) is 5.82 Å². The van der Waals surface area contributed by atoms with Gasteiger partial charge in [-0.05, 0) is 25.1 Å². The van der Waals surface area contributed by atoms with Crippen LogP contribution < -0.4 is 0 Å². The minimum atomic E-state index is 0.474. The summed E-state index contributed by atoms with van der Waals surface area (Å²) >= 11 is 0. The Labute approximate surface area is 143 Å². The van der Waals surface area contributed by atoms with Crippen LogP contribution >= 0.6 is 0 Å². The highest BCUT2D eigenvalue weighted by Crippen LogP contribution is 2.25. The summed E-state index contributed by atoms with van der Waals surface area (Å²) in [6.45, 7) is 1.71. The van der Waals surface area contributed by atoms with Crippen molar-refractivity contribution in [3.05, 3.63) is 60.6 Å². The lowest BCUT2D eigenvalue weighted by atomic mass is 10.1. The molecule has 0 bridgehead atoms. The largest absolute Gasteiger partial charge is 0.411 e. The van der Waals surface area contributed by atoms with E-state index < -0.39 is 0 Å². The third-order valence-electron chi connectivity index (χ3n) is 4.05. The van der Waals surface area contributed by atoms with E-state index in [1.807, 2.05) is 66.6 Å². The second-order valence-corrected chi connectivity index (χ2v) is 5.77. The van der Waals surface area contributed by atoms with Gasteiger partial charge in [0.1, 0.15) is 5.71 Å². The van der Waals surface area contributed by atoms with Crippen molar-refractivity contribution < 1.29 is 5.21 Å². The lowest BCUT2D eigenvalue weighted by Crippen LogP contribution is -2.00. The molecule has 0 aliphatic heterocycles. The van der Waals surface area contributed by atoms with Crippen LogP contribution in [0.15, 0.2) is 60.0 Å². The fourth-order valence-electron chi connectivity index (χ4n) is 2.72. The molecule has 0 fully saturated rings. The van der Waals surface area contributed by atoms with Gasteiger partial charge in [-0.2, -0.15) is 10.2 Å². The summed E-state index contributed by atoms with van der Waals surface area (Å²) in [5, 5.41) is 22.1. The molecule has 0 amide bonds. The topological polar surface area (TPSA) is 81.1 Å². The summed E-state index contributed by atoms with van der Waals surface area (Å²) in [5.74, 6) is 0.764. The van der Waals surface area contributed by atoms with Crippen LogP contribution in [0.4, 0.5) is 0 Å². The van der Waals surface area contributed by atoms with Crippen molar-refractivity contribution >= 4 is 16.6 Å². The van der Waals surface area contributed by atoms with E-state index in [-0.39, 0.29) is 0 Å². The van der Waals surface area contributed by atoms with Crippen LogP contribution in [0.3, 0.4) is 0 Å². The molecule has 3 aromatic heterocycles. The van der Waals surface area contributed by atoms with E-state index in [9.17, 15) is 0 Å². The van der Waals surface area contributed by atoms with Crippen molar-refractivity contribution in [2.75, 3.05) is 0 Å². The summed E-state index contributed by atoms with van der Waals surface area (Å²) in [6.07, 6.45) is 3.70. The van der Waals surface area contributed by atoms with Crippen molar-refractivity contribution in [1.29, 1.82) is 0 Å². The van der Waals surface area contributed by atoms with Crippen molar-refractivity contribution in [2.24, 2.45) is 12.2 Å². The van der Waals surface area contributed by atoms with Crippen molar-refractivity contribution in [3.63, 3.8) is 0 Å². The molecule has 0 unspecified atom stereocenters.